The summed E-state index contributed by atoms with van der Waals surface area (Å²) in [6, 6.07) is 3.62. The predicted octanol–water partition coefficient (Wildman–Crippen LogP) is 2.33. The zero-order valence-electron chi connectivity index (χ0n) is 10.1. The van der Waals surface area contributed by atoms with Crippen molar-refractivity contribution in [2.24, 2.45) is 0 Å². The minimum atomic E-state index is -0.686. The highest BCUT2D eigenvalue weighted by molar-refractivity contribution is 6.30. The van der Waals surface area contributed by atoms with Gasteiger partial charge in [0, 0.05) is 24.3 Å². The summed E-state index contributed by atoms with van der Waals surface area (Å²) in [5.74, 6) is 0. The summed E-state index contributed by atoms with van der Waals surface area (Å²) in [4.78, 5) is 6.39. The summed E-state index contributed by atoms with van der Waals surface area (Å²) in [5, 5.41) is 10.5. The molecule has 0 aliphatic heterocycles. The van der Waals surface area contributed by atoms with Gasteiger partial charge >= 0.3 is 0 Å². The van der Waals surface area contributed by atoms with Gasteiger partial charge in [-0.3, -0.25) is 9.88 Å². The van der Waals surface area contributed by atoms with Gasteiger partial charge in [0.25, 0.3) is 0 Å². The van der Waals surface area contributed by atoms with Gasteiger partial charge in [-0.15, -0.1) is 0 Å². The SMILES string of the molecule is CCN(Cc1cc(Cl)ccn1)CC(C)(C)O. The van der Waals surface area contributed by atoms with Crippen LogP contribution in [0.5, 0.6) is 0 Å². The first-order valence-electron chi connectivity index (χ1n) is 5.46. The van der Waals surface area contributed by atoms with Gasteiger partial charge < -0.3 is 5.11 Å². The molecule has 1 N–H and O–H groups in total. The Morgan fingerprint density at radius 1 is 1.50 bits per heavy atom. The van der Waals surface area contributed by atoms with Gasteiger partial charge in [0.15, 0.2) is 0 Å². The number of aromatic nitrogens is 1. The van der Waals surface area contributed by atoms with Crippen LogP contribution in [0.2, 0.25) is 5.02 Å². The lowest BCUT2D eigenvalue weighted by Crippen LogP contribution is -2.38. The maximum absolute atomic E-state index is 9.76. The zero-order chi connectivity index (χ0) is 12.2. The highest BCUT2D eigenvalue weighted by Gasteiger charge is 2.17. The lowest BCUT2D eigenvalue weighted by Gasteiger charge is -2.27. The molecule has 0 aliphatic rings. The van der Waals surface area contributed by atoms with E-state index in [2.05, 4.69) is 16.8 Å². The molecule has 0 bridgehead atoms. The molecule has 1 heterocycles. The van der Waals surface area contributed by atoms with E-state index in [-0.39, 0.29) is 0 Å². The summed E-state index contributed by atoms with van der Waals surface area (Å²) in [5.41, 5.74) is 0.243. The molecule has 0 radical (unpaired) electrons. The molecule has 0 fully saturated rings. The Bertz CT molecular complexity index is 336. The molecule has 0 spiro atoms. The largest absolute Gasteiger partial charge is 0.389 e. The van der Waals surface area contributed by atoms with Crippen molar-refractivity contribution in [3.05, 3.63) is 29.0 Å². The number of rotatable bonds is 5. The van der Waals surface area contributed by atoms with E-state index in [0.29, 0.717) is 18.1 Å². The van der Waals surface area contributed by atoms with Gasteiger partial charge in [-0.25, -0.2) is 0 Å². The first-order valence-corrected chi connectivity index (χ1v) is 5.83. The van der Waals surface area contributed by atoms with E-state index in [0.717, 1.165) is 12.2 Å². The Kier molecular flexibility index (Phi) is 4.71. The maximum Gasteiger partial charge on any atom is 0.0718 e. The first kappa shape index (κ1) is 13.4. The average Bonchev–Trinajstić information content (AvgIpc) is 2.14. The highest BCUT2D eigenvalue weighted by Crippen LogP contribution is 2.12. The topological polar surface area (TPSA) is 36.4 Å². The molecule has 4 heteroatoms. The number of hydrogen-bond donors (Lipinski definition) is 1. The van der Waals surface area contributed by atoms with E-state index in [1.165, 1.54) is 0 Å². The third-order valence-corrected chi connectivity index (χ3v) is 2.46. The van der Waals surface area contributed by atoms with E-state index >= 15 is 0 Å². The summed E-state index contributed by atoms with van der Waals surface area (Å²) in [6.07, 6.45) is 1.70. The lowest BCUT2D eigenvalue weighted by atomic mass is 10.1. The minimum absolute atomic E-state index is 0.623. The van der Waals surface area contributed by atoms with Crippen LogP contribution in [-0.2, 0) is 6.54 Å². The molecule has 0 amide bonds. The molecular formula is C12H19ClN2O. The van der Waals surface area contributed by atoms with E-state index in [9.17, 15) is 5.11 Å². The maximum atomic E-state index is 9.76. The number of hydrogen-bond acceptors (Lipinski definition) is 3. The van der Waals surface area contributed by atoms with Crippen LogP contribution in [0.25, 0.3) is 0 Å². The molecule has 0 saturated carbocycles. The Labute approximate surface area is 102 Å². The molecule has 1 aromatic heterocycles. The van der Waals surface area contributed by atoms with E-state index in [4.69, 9.17) is 11.6 Å². The second kappa shape index (κ2) is 5.62. The van der Waals surface area contributed by atoms with E-state index in [1.807, 2.05) is 6.07 Å². The number of likely N-dealkylation sites (N-methyl/N-ethyl adjacent to an activating group) is 1. The van der Waals surface area contributed by atoms with E-state index < -0.39 is 5.60 Å². The Hall–Kier alpha value is -0.640. The number of halogens is 1. The fourth-order valence-electron chi connectivity index (χ4n) is 1.59. The van der Waals surface area contributed by atoms with Crippen molar-refractivity contribution in [1.29, 1.82) is 0 Å². The second-order valence-corrected chi connectivity index (χ2v) is 5.02. The van der Waals surface area contributed by atoms with Crippen LogP contribution in [0.4, 0.5) is 0 Å². The standard InChI is InChI=1S/C12H19ClN2O/c1-4-15(9-12(2,3)16)8-11-7-10(13)5-6-14-11/h5-7,16H,4,8-9H2,1-3H3. The Morgan fingerprint density at radius 2 is 2.19 bits per heavy atom. The van der Waals surface area contributed by atoms with Crippen molar-refractivity contribution >= 4 is 11.6 Å². The quantitative estimate of drug-likeness (QED) is 0.861. The van der Waals surface area contributed by atoms with Crippen LogP contribution in [0.1, 0.15) is 26.5 Å². The molecule has 0 saturated heterocycles. The first-order chi connectivity index (χ1) is 7.40. The van der Waals surface area contributed by atoms with Crippen LogP contribution in [0, 0.1) is 0 Å². The van der Waals surface area contributed by atoms with Crippen molar-refractivity contribution in [3.63, 3.8) is 0 Å². The highest BCUT2D eigenvalue weighted by atomic mass is 35.5. The van der Waals surface area contributed by atoms with Crippen molar-refractivity contribution in [3.8, 4) is 0 Å². The lowest BCUT2D eigenvalue weighted by molar-refractivity contribution is 0.0350. The molecule has 0 aliphatic carbocycles. The van der Waals surface area contributed by atoms with Gasteiger partial charge in [0.2, 0.25) is 0 Å². The van der Waals surface area contributed by atoms with Crippen molar-refractivity contribution < 1.29 is 5.11 Å². The number of aliphatic hydroxyl groups is 1. The third kappa shape index (κ3) is 4.92. The van der Waals surface area contributed by atoms with Crippen molar-refractivity contribution in [2.45, 2.75) is 32.9 Å². The molecule has 0 unspecified atom stereocenters. The van der Waals surface area contributed by atoms with Crippen LogP contribution in [0.3, 0.4) is 0 Å². The summed E-state index contributed by atoms with van der Waals surface area (Å²) in [7, 11) is 0. The Morgan fingerprint density at radius 3 is 2.69 bits per heavy atom. The minimum Gasteiger partial charge on any atom is -0.389 e. The van der Waals surface area contributed by atoms with Crippen LogP contribution < -0.4 is 0 Å². The van der Waals surface area contributed by atoms with Crippen molar-refractivity contribution in [1.82, 2.24) is 9.88 Å². The summed E-state index contributed by atoms with van der Waals surface area (Å²) < 4.78 is 0. The predicted molar refractivity (Wildman–Crippen MR) is 66.5 cm³/mol. The van der Waals surface area contributed by atoms with Crippen LogP contribution >= 0.6 is 11.6 Å². The molecular weight excluding hydrogens is 224 g/mol. The van der Waals surface area contributed by atoms with Gasteiger partial charge in [-0.2, -0.15) is 0 Å². The molecule has 90 valence electrons. The summed E-state index contributed by atoms with van der Waals surface area (Å²) in [6.45, 7) is 7.88. The van der Waals surface area contributed by atoms with Crippen molar-refractivity contribution in [2.75, 3.05) is 13.1 Å². The zero-order valence-corrected chi connectivity index (χ0v) is 10.8. The number of pyridine rings is 1. The molecule has 3 nitrogen and oxygen atoms in total. The second-order valence-electron chi connectivity index (χ2n) is 4.58. The Balaban J connectivity index is 2.63. The fourth-order valence-corrected chi connectivity index (χ4v) is 1.77. The molecule has 16 heavy (non-hydrogen) atoms. The normalized spacial score (nSPS) is 12.1. The summed E-state index contributed by atoms with van der Waals surface area (Å²) >= 11 is 5.90. The fraction of sp³-hybridized carbons (Fsp3) is 0.583. The average molecular weight is 243 g/mol. The smallest absolute Gasteiger partial charge is 0.0718 e. The monoisotopic (exact) mass is 242 g/mol. The van der Waals surface area contributed by atoms with Gasteiger partial charge in [0.1, 0.15) is 0 Å². The van der Waals surface area contributed by atoms with Crippen LogP contribution in [-0.4, -0.2) is 33.7 Å². The van der Waals surface area contributed by atoms with Gasteiger partial charge in [-0.1, -0.05) is 18.5 Å². The van der Waals surface area contributed by atoms with Gasteiger partial charge in [0.05, 0.1) is 11.3 Å². The number of nitrogens with zero attached hydrogens (tertiary/aromatic N) is 2. The molecule has 1 rings (SSSR count). The molecule has 1 aromatic rings. The van der Waals surface area contributed by atoms with Gasteiger partial charge in [-0.05, 0) is 32.5 Å². The molecule has 0 atom stereocenters. The third-order valence-electron chi connectivity index (χ3n) is 2.22. The van der Waals surface area contributed by atoms with Crippen LogP contribution in [0.15, 0.2) is 18.3 Å². The van der Waals surface area contributed by atoms with E-state index in [1.54, 1.807) is 26.1 Å². The molecule has 0 aromatic carbocycles.